The van der Waals surface area contributed by atoms with Gasteiger partial charge in [-0.25, -0.2) is 4.68 Å². The SMILES string of the molecule is Cn1c(CNC(=O)c2ccnc3c2CNCC3)cc(=O)n1-c1ccccc1. The molecule has 1 aliphatic heterocycles. The van der Waals surface area contributed by atoms with Crippen LogP contribution in [-0.4, -0.2) is 26.8 Å². The van der Waals surface area contributed by atoms with Crippen LogP contribution in [0.25, 0.3) is 5.69 Å². The Labute approximate surface area is 156 Å². The van der Waals surface area contributed by atoms with E-state index in [0.29, 0.717) is 12.1 Å². The molecule has 3 aromatic rings. The topological polar surface area (TPSA) is 81.0 Å². The molecule has 138 valence electrons. The molecule has 0 atom stereocenters. The molecule has 2 N–H and O–H groups in total. The third-order valence-corrected chi connectivity index (χ3v) is 4.88. The van der Waals surface area contributed by atoms with Crippen LogP contribution < -0.4 is 16.2 Å². The first-order valence-corrected chi connectivity index (χ1v) is 8.94. The zero-order valence-electron chi connectivity index (χ0n) is 15.1. The van der Waals surface area contributed by atoms with Crippen molar-refractivity contribution in [2.45, 2.75) is 19.5 Å². The molecule has 0 saturated heterocycles. The smallest absolute Gasteiger partial charge is 0.271 e. The summed E-state index contributed by atoms with van der Waals surface area (Å²) in [6.45, 7) is 1.80. The Hall–Kier alpha value is -3.19. The number of carbonyl (C=O) groups excluding carboxylic acids is 1. The molecule has 7 heteroatoms. The second kappa shape index (κ2) is 7.20. The monoisotopic (exact) mass is 363 g/mol. The molecular weight excluding hydrogens is 342 g/mol. The van der Waals surface area contributed by atoms with Crippen molar-refractivity contribution in [2.24, 2.45) is 7.05 Å². The predicted molar refractivity (Wildman–Crippen MR) is 102 cm³/mol. The second-order valence-electron chi connectivity index (χ2n) is 6.54. The number of aromatic nitrogens is 3. The Morgan fingerprint density at radius 3 is 2.89 bits per heavy atom. The molecule has 0 saturated carbocycles. The number of nitrogens with one attached hydrogen (secondary N) is 2. The molecule has 0 spiro atoms. The fourth-order valence-corrected chi connectivity index (χ4v) is 3.46. The van der Waals surface area contributed by atoms with Crippen LogP contribution in [0.5, 0.6) is 0 Å². The molecule has 4 rings (SSSR count). The molecule has 1 aliphatic rings. The van der Waals surface area contributed by atoms with Crippen molar-refractivity contribution in [1.82, 2.24) is 25.0 Å². The standard InChI is InChI=1S/C20H21N5O2/c1-24-15(11-19(26)25(24)14-5-3-2-4-6-14)12-23-20(27)16-7-10-22-18-8-9-21-13-17(16)18/h2-7,10-11,21H,8-9,12-13H2,1H3,(H,23,27). The van der Waals surface area contributed by atoms with Gasteiger partial charge in [0.05, 0.1) is 17.9 Å². The van der Waals surface area contributed by atoms with Gasteiger partial charge in [-0.2, -0.15) is 0 Å². The van der Waals surface area contributed by atoms with E-state index in [2.05, 4.69) is 15.6 Å². The third-order valence-electron chi connectivity index (χ3n) is 4.88. The van der Waals surface area contributed by atoms with E-state index in [-0.39, 0.29) is 18.0 Å². The van der Waals surface area contributed by atoms with Crippen LogP contribution in [0, 0.1) is 0 Å². The van der Waals surface area contributed by atoms with Gasteiger partial charge in [-0.3, -0.25) is 19.3 Å². The van der Waals surface area contributed by atoms with Crippen molar-refractivity contribution in [2.75, 3.05) is 6.54 Å². The maximum atomic E-state index is 12.7. The van der Waals surface area contributed by atoms with Gasteiger partial charge in [-0.05, 0) is 18.2 Å². The van der Waals surface area contributed by atoms with E-state index in [4.69, 9.17) is 0 Å². The lowest BCUT2D eigenvalue weighted by molar-refractivity contribution is 0.0948. The largest absolute Gasteiger partial charge is 0.346 e. The zero-order chi connectivity index (χ0) is 18.8. The lowest BCUT2D eigenvalue weighted by atomic mass is 10.0. The van der Waals surface area contributed by atoms with Gasteiger partial charge < -0.3 is 10.6 Å². The Morgan fingerprint density at radius 1 is 1.26 bits per heavy atom. The molecular formula is C20H21N5O2. The van der Waals surface area contributed by atoms with Gasteiger partial charge in [-0.1, -0.05) is 18.2 Å². The summed E-state index contributed by atoms with van der Waals surface area (Å²) >= 11 is 0. The molecule has 0 unspecified atom stereocenters. The highest BCUT2D eigenvalue weighted by atomic mass is 16.2. The molecule has 3 heterocycles. The van der Waals surface area contributed by atoms with E-state index in [1.54, 1.807) is 27.7 Å². The van der Waals surface area contributed by atoms with E-state index in [0.717, 1.165) is 35.6 Å². The molecule has 27 heavy (non-hydrogen) atoms. The summed E-state index contributed by atoms with van der Waals surface area (Å²) in [5, 5.41) is 6.21. The maximum absolute atomic E-state index is 12.7. The number of rotatable bonds is 4. The number of hydrogen-bond donors (Lipinski definition) is 2. The molecule has 0 bridgehead atoms. The van der Waals surface area contributed by atoms with Crippen molar-refractivity contribution in [3.8, 4) is 5.69 Å². The minimum atomic E-state index is -0.155. The Morgan fingerprint density at radius 2 is 2.07 bits per heavy atom. The number of fused-ring (bicyclic) bond motifs is 1. The van der Waals surface area contributed by atoms with Crippen molar-refractivity contribution in [3.63, 3.8) is 0 Å². The van der Waals surface area contributed by atoms with Crippen molar-refractivity contribution >= 4 is 5.91 Å². The van der Waals surface area contributed by atoms with Crippen LogP contribution in [-0.2, 0) is 26.6 Å². The summed E-state index contributed by atoms with van der Waals surface area (Å²) in [7, 11) is 1.81. The maximum Gasteiger partial charge on any atom is 0.271 e. The molecule has 0 fully saturated rings. The lowest BCUT2D eigenvalue weighted by Crippen LogP contribution is -2.30. The Kier molecular flexibility index (Phi) is 4.60. The van der Waals surface area contributed by atoms with Crippen molar-refractivity contribution in [3.05, 3.63) is 81.5 Å². The number of benzene rings is 1. The van der Waals surface area contributed by atoms with Gasteiger partial charge in [-0.15, -0.1) is 0 Å². The number of nitrogens with zero attached hydrogens (tertiary/aromatic N) is 3. The fourth-order valence-electron chi connectivity index (χ4n) is 3.46. The molecule has 0 aliphatic carbocycles. The molecule has 7 nitrogen and oxygen atoms in total. The summed E-state index contributed by atoms with van der Waals surface area (Å²) in [6, 6.07) is 12.7. The predicted octanol–water partition coefficient (Wildman–Crippen LogP) is 1.15. The van der Waals surface area contributed by atoms with Gasteiger partial charge in [0.1, 0.15) is 0 Å². The Balaban J connectivity index is 1.55. The summed E-state index contributed by atoms with van der Waals surface area (Å²) in [5.41, 5.74) is 3.97. The van der Waals surface area contributed by atoms with Crippen LogP contribution in [0.15, 0.2) is 53.5 Å². The number of pyridine rings is 1. The number of para-hydroxylation sites is 1. The van der Waals surface area contributed by atoms with E-state index >= 15 is 0 Å². The Bertz CT molecular complexity index is 1040. The third kappa shape index (κ3) is 3.29. The van der Waals surface area contributed by atoms with Crippen LogP contribution in [0.4, 0.5) is 0 Å². The van der Waals surface area contributed by atoms with Crippen LogP contribution in [0.1, 0.15) is 27.3 Å². The highest BCUT2D eigenvalue weighted by Gasteiger charge is 2.19. The summed E-state index contributed by atoms with van der Waals surface area (Å²) in [6.07, 6.45) is 2.51. The van der Waals surface area contributed by atoms with Gasteiger partial charge in [0.25, 0.3) is 11.5 Å². The van der Waals surface area contributed by atoms with Gasteiger partial charge in [0.15, 0.2) is 0 Å². The molecule has 2 aromatic heterocycles. The van der Waals surface area contributed by atoms with Crippen LogP contribution in [0.2, 0.25) is 0 Å². The minimum absolute atomic E-state index is 0.126. The highest BCUT2D eigenvalue weighted by Crippen LogP contribution is 2.16. The van der Waals surface area contributed by atoms with Crippen molar-refractivity contribution < 1.29 is 4.79 Å². The first kappa shape index (κ1) is 17.2. The number of carbonyl (C=O) groups is 1. The highest BCUT2D eigenvalue weighted by molar-refractivity contribution is 5.95. The fraction of sp³-hybridized carbons (Fsp3) is 0.250. The van der Waals surface area contributed by atoms with Crippen LogP contribution >= 0.6 is 0 Å². The number of amides is 1. The van der Waals surface area contributed by atoms with Gasteiger partial charge in [0, 0.05) is 55.6 Å². The molecule has 1 amide bonds. The first-order valence-electron chi connectivity index (χ1n) is 8.94. The van der Waals surface area contributed by atoms with Crippen molar-refractivity contribution in [1.29, 1.82) is 0 Å². The minimum Gasteiger partial charge on any atom is -0.346 e. The lowest BCUT2D eigenvalue weighted by Gasteiger charge is -2.19. The molecule has 0 radical (unpaired) electrons. The average molecular weight is 363 g/mol. The quantitative estimate of drug-likeness (QED) is 0.729. The normalized spacial score (nSPS) is 13.2. The first-order chi connectivity index (χ1) is 13.1. The van der Waals surface area contributed by atoms with Gasteiger partial charge in [0.2, 0.25) is 0 Å². The number of hydrogen-bond acceptors (Lipinski definition) is 4. The van der Waals surface area contributed by atoms with E-state index in [1.165, 1.54) is 0 Å². The van der Waals surface area contributed by atoms with E-state index in [9.17, 15) is 9.59 Å². The summed E-state index contributed by atoms with van der Waals surface area (Å²) in [4.78, 5) is 29.5. The van der Waals surface area contributed by atoms with E-state index < -0.39 is 0 Å². The summed E-state index contributed by atoms with van der Waals surface area (Å²) in [5.74, 6) is -0.155. The van der Waals surface area contributed by atoms with E-state index in [1.807, 2.05) is 37.4 Å². The average Bonchev–Trinajstić information content (AvgIpc) is 2.99. The molecule has 1 aromatic carbocycles. The van der Waals surface area contributed by atoms with Crippen LogP contribution in [0.3, 0.4) is 0 Å². The second-order valence-corrected chi connectivity index (χ2v) is 6.54. The van der Waals surface area contributed by atoms with Gasteiger partial charge >= 0.3 is 0 Å². The zero-order valence-corrected chi connectivity index (χ0v) is 15.1. The summed E-state index contributed by atoms with van der Waals surface area (Å²) < 4.78 is 3.35.